The van der Waals surface area contributed by atoms with Gasteiger partial charge in [0.25, 0.3) is 0 Å². The summed E-state index contributed by atoms with van der Waals surface area (Å²) in [6.45, 7) is 1.64. The average molecular weight is 511 g/mol. The number of nitrogens with one attached hydrogen (secondary N) is 1. The van der Waals surface area contributed by atoms with Gasteiger partial charge in [0.05, 0.1) is 16.4 Å². The summed E-state index contributed by atoms with van der Waals surface area (Å²) < 4.78 is 21.0. The van der Waals surface area contributed by atoms with Crippen LogP contribution in [0.2, 0.25) is 10.0 Å². The van der Waals surface area contributed by atoms with Crippen LogP contribution in [0.4, 0.5) is 16.0 Å². The number of halogens is 4. The molecule has 3 heterocycles. The van der Waals surface area contributed by atoms with Gasteiger partial charge in [0.2, 0.25) is 0 Å². The topological polar surface area (TPSA) is 99.8 Å². The summed E-state index contributed by atoms with van der Waals surface area (Å²) in [5.41, 5.74) is 1.67. The number of nitrogens with zero attached hydrogens (tertiary/aromatic N) is 6. The highest BCUT2D eigenvalue weighted by molar-refractivity contribution is 6.35. The van der Waals surface area contributed by atoms with Crippen molar-refractivity contribution in [1.29, 1.82) is 0 Å². The minimum Gasteiger partial charge on any atom is -0.445 e. The largest absolute Gasteiger partial charge is 0.445 e. The molecule has 0 radical (unpaired) electrons. The molecule has 0 saturated carbocycles. The van der Waals surface area contributed by atoms with Gasteiger partial charge in [-0.2, -0.15) is 10.2 Å². The Morgan fingerprint density at radius 2 is 1.88 bits per heavy atom. The predicted molar refractivity (Wildman–Crippen MR) is 122 cm³/mol. The average Bonchev–Trinajstić information content (AvgIpc) is 3.24. The summed E-state index contributed by atoms with van der Waals surface area (Å²) in [5, 5.41) is 12.1. The molecule has 4 rings (SSSR count). The van der Waals surface area contributed by atoms with E-state index in [0.717, 1.165) is 0 Å². The molecular weight excluding hydrogens is 496 g/mol. The van der Waals surface area contributed by atoms with Crippen molar-refractivity contribution in [3.05, 3.63) is 63.9 Å². The van der Waals surface area contributed by atoms with Gasteiger partial charge < -0.3 is 10.1 Å². The molecule has 0 aliphatic carbocycles. The van der Waals surface area contributed by atoms with Crippen molar-refractivity contribution in [3.8, 4) is 17.1 Å². The second-order valence-corrected chi connectivity index (χ2v) is 7.70. The summed E-state index contributed by atoms with van der Waals surface area (Å²) in [6, 6.07) is 7.08. The van der Waals surface area contributed by atoms with Crippen LogP contribution in [-0.4, -0.2) is 41.6 Å². The zero-order chi connectivity index (χ0) is 23.7. The van der Waals surface area contributed by atoms with Crippen LogP contribution < -0.4 is 5.32 Å². The van der Waals surface area contributed by atoms with Crippen LogP contribution in [0.15, 0.2) is 36.7 Å². The van der Waals surface area contributed by atoms with Crippen molar-refractivity contribution in [2.45, 2.75) is 6.92 Å². The lowest BCUT2D eigenvalue weighted by Gasteiger charge is -2.08. The highest BCUT2D eigenvalue weighted by Gasteiger charge is 2.24. The normalized spacial score (nSPS) is 11.0. The number of anilines is 2. The number of carbonyl (C=O) groups excluding carboxylic acids is 1. The smallest absolute Gasteiger partial charge is 0.359 e. The standard InChI is InChI=1S/C20H15Cl3FN7O2/c1-10-15(22)18(20(32)33-8-21)31(28-10)14-7-13(25-9-26-14)27-19-16(23)17(30(2)29-19)11-3-5-12(24)6-4-11/h3-7,9H,8H2,1-2H3,(H,25,26,27,29). The number of carbonyl (C=O) groups is 1. The van der Waals surface area contributed by atoms with E-state index in [9.17, 15) is 9.18 Å². The van der Waals surface area contributed by atoms with Gasteiger partial charge in [0.15, 0.2) is 23.4 Å². The molecule has 3 aromatic heterocycles. The van der Waals surface area contributed by atoms with Gasteiger partial charge in [-0.15, -0.1) is 0 Å². The van der Waals surface area contributed by atoms with Crippen LogP contribution in [0, 0.1) is 12.7 Å². The molecule has 1 aromatic carbocycles. The molecule has 1 N–H and O–H groups in total. The molecule has 0 unspecified atom stereocenters. The van der Waals surface area contributed by atoms with E-state index in [4.69, 9.17) is 39.5 Å². The number of aromatic nitrogens is 6. The third-order valence-corrected chi connectivity index (χ3v) is 5.51. The van der Waals surface area contributed by atoms with E-state index in [1.807, 2.05) is 0 Å². The molecule has 0 aliphatic heterocycles. The predicted octanol–water partition coefficient (Wildman–Crippen LogP) is 4.91. The zero-order valence-corrected chi connectivity index (χ0v) is 19.5. The highest BCUT2D eigenvalue weighted by Crippen LogP contribution is 2.34. The van der Waals surface area contributed by atoms with Crippen molar-refractivity contribution >= 4 is 52.4 Å². The van der Waals surface area contributed by atoms with Gasteiger partial charge in [-0.1, -0.05) is 34.8 Å². The SMILES string of the molecule is Cc1nn(-c2cc(Nc3nn(C)c(-c4ccc(F)cc4)c3Cl)ncn2)c(C(=O)OCCl)c1Cl. The molecule has 0 bridgehead atoms. The molecule has 4 aromatic rings. The van der Waals surface area contributed by atoms with Gasteiger partial charge in [0.1, 0.15) is 23.0 Å². The lowest BCUT2D eigenvalue weighted by atomic mass is 10.1. The quantitative estimate of drug-likeness (QED) is 0.290. The first-order chi connectivity index (χ1) is 15.8. The monoisotopic (exact) mass is 509 g/mol. The van der Waals surface area contributed by atoms with Crippen molar-refractivity contribution in [2.75, 3.05) is 11.4 Å². The molecule has 170 valence electrons. The number of alkyl halides is 1. The summed E-state index contributed by atoms with van der Waals surface area (Å²) in [5.74, 6) is -0.214. The number of ether oxygens (including phenoxy) is 1. The van der Waals surface area contributed by atoms with Crippen LogP contribution in [0.1, 0.15) is 16.2 Å². The fourth-order valence-electron chi connectivity index (χ4n) is 3.12. The molecule has 0 amide bonds. The Hall–Kier alpha value is -3.21. The van der Waals surface area contributed by atoms with E-state index in [1.165, 1.54) is 29.2 Å². The second-order valence-electron chi connectivity index (χ2n) is 6.73. The molecule has 0 atom stereocenters. The van der Waals surface area contributed by atoms with Crippen molar-refractivity contribution in [3.63, 3.8) is 0 Å². The van der Waals surface area contributed by atoms with Gasteiger partial charge in [-0.05, 0) is 31.2 Å². The van der Waals surface area contributed by atoms with Crippen LogP contribution in [0.3, 0.4) is 0 Å². The molecule has 0 spiro atoms. The van der Waals surface area contributed by atoms with Gasteiger partial charge in [0, 0.05) is 18.7 Å². The van der Waals surface area contributed by atoms with Crippen molar-refractivity contribution in [1.82, 2.24) is 29.5 Å². The van der Waals surface area contributed by atoms with E-state index in [2.05, 4.69) is 25.5 Å². The summed E-state index contributed by atoms with van der Waals surface area (Å²) in [4.78, 5) is 20.7. The Kier molecular flexibility index (Phi) is 6.50. The van der Waals surface area contributed by atoms with Gasteiger partial charge in [-0.3, -0.25) is 4.68 Å². The van der Waals surface area contributed by atoms with E-state index in [1.54, 1.807) is 30.8 Å². The fraction of sp³-hybridized carbons (Fsp3) is 0.150. The number of hydrogen-bond donors (Lipinski definition) is 1. The molecule has 0 saturated heterocycles. The lowest BCUT2D eigenvalue weighted by molar-refractivity contribution is 0.0563. The Balaban J connectivity index is 1.69. The van der Waals surface area contributed by atoms with Crippen LogP contribution in [0.25, 0.3) is 17.1 Å². The summed E-state index contributed by atoms with van der Waals surface area (Å²) in [7, 11) is 1.71. The summed E-state index contributed by atoms with van der Waals surface area (Å²) in [6.07, 6.45) is 1.27. The van der Waals surface area contributed by atoms with Crippen molar-refractivity contribution < 1.29 is 13.9 Å². The number of aryl methyl sites for hydroxylation is 2. The molecule has 0 aliphatic rings. The number of esters is 1. The fourth-order valence-corrected chi connectivity index (χ4v) is 3.73. The third-order valence-electron chi connectivity index (χ3n) is 4.59. The molecule has 0 fully saturated rings. The maximum atomic E-state index is 13.3. The van der Waals surface area contributed by atoms with E-state index < -0.39 is 5.97 Å². The Bertz CT molecular complexity index is 1340. The molecule has 9 nitrogen and oxygen atoms in total. The number of benzene rings is 1. The van der Waals surface area contributed by atoms with Crippen LogP contribution in [0.5, 0.6) is 0 Å². The highest BCUT2D eigenvalue weighted by atomic mass is 35.5. The first kappa shape index (κ1) is 23.0. The van der Waals surface area contributed by atoms with E-state index in [-0.39, 0.29) is 28.4 Å². The second kappa shape index (κ2) is 9.34. The minimum absolute atomic E-state index is 0.0195. The van der Waals surface area contributed by atoms with Crippen molar-refractivity contribution in [2.24, 2.45) is 7.05 Å². The van der Waals surface area contributed by atoms with E-state index >= 15 is 0 Å². The van der Waals surface area contributed by atoms with Crippen LogP contribution in [-0.2, 0) is 11.8 Å². The molecule has 33 heavy (non-hydrogen) atoms. The first-order valence-electron chi connectivity index (χ1n) is 9.36. The maximum Gasteiger partial charge on any atom is 0.359 e. The molecule has 13 heteroatoms. The maximum absolute atomic E-state index is 13.3. The first-order valence-corrected chi connectivity index (χ1v) is 10.6. The summed E-state index contributed by atoms with van der Waals surface area (Å²) >= 11 is 18.3. The van der Waals surface area contributed by atoms with E-state index in [0.29, 0.717) is 33.6 Å². The third kappa shape index (κ3) is 4.50. The van der Waals surface area contributed by atoms with Crippen LogP contribution >= 0.6 is 34.8 Å². The number of hydrogen-bond acceptors (Lipinski definition) is 7. The minimum atomic E-state index is -0.750. The van der Waals surface area contributed by atoms with Gasteiger partial charge >= 0.3 is 5.97 Å². The Morgan fingerprint density at radius 3 is 2.58 bits per heavy atom. The number of rotatable bonds is 6. The Morgan fingerprint density at radius 1 is 1.15 bits per heavy atom. The Labute approximate surface area is 202 Å². The van der Waals surface area contributed by atoms with Gasteiger partial charge in [-0.25, -0.2) is 23.8 Å². The molecular formula is C20H15Cl3FN7O2. The zero-order valence-electron chi connectivity index (χ0n) is 17.2. The lowest BCUT2D eigenvalue weighted by Crippen LogP contribution is -2.13.